The minimum absolute atomic E-state index is 0.0924. The minimum atomic E-state index is -0.398. The van der Waals surface area contributed by atoms with Crippen LogP contribution in [-0.2, 0) is 16.0 Å². The number of anilines is 1. The Labute approximate surface area is 132 Å². The summed E-state index contributed by atoms with van der Waals surface area (Å²) in [6.07, 6.45) is 0.331. The van der Waals surface area contributed by atoms with Gasteiger partial charge in [-0.2, -0.15) is 0 Å². The molecule has 1 N–H and O–H groups in total. The molecule has 0 saturated heterocycles. The van der Waals surface area contributed by atoms with Crippen LogP contribution >= 0.6 is 11.3 Å². The van der Waals surface area contributed by atoms with Gasteiger partial charge in [0.2, 0.25) is 11.8 Å². The van der Waals surface area contributed by atoms with Crippen LogP contribution in [0, 0.1) is 5.82 Å². The number of rotatable bonds is 6. The molecule has 0 bridgehead atoms. The Morgan fingerprint density at radius 1 is 1.27 bits per heavy atom. The van der Waals surface area contributed by atoms with Crippen molar-refractivity contribution >= 4 is 28.8 Å². The Kier molecular flexibility index (Phi) is 5.66. The maximum absolute atomic E-state index is 13.2. The van der Waals surface area contributed by atoms with Crippen LogP contribution in [0.25, 0.3) is 0 Å². The third-order valence-corrected chi connectivity index (χ3v) is 3.95. The molecule has 1 aromatic carbocycles. The van der Waals surface area contributed by atoms with Crippen LogP contribution in [0.4, 0.5) is 10.1 Å². The lowest BCUT2D eigenvalue weighted by Gasteiger charge is -2.21. The fraction of sp³-hybridized carbons (Fsp3) is 0.250. The largest absolute Gasteiger partial charge is 0.354 e. The van der Waals surface area contributed by atoms with Crippen molar-refractivity contribution in [2.45, 2.75) is 13.3 Å². The number of hydrogen-bond acceptors (Lipinski definition) is 3. The van der Waals surface area contributed by atoms with Crippen LogP contribution in [-0.4, -0.2) is 24.9 Å². The summed E-state index contributed by atoms with van der Waals surface area (Å²) in [7, 11) is 0. The number of amides is 2. The first kappa shape index (κ1) is 16.2. The molecule has 22 heavy (non-hydrogen) atoms. The highest BCUT2D eigenvalue weighted by Crippen LogP contribution is 2.15. The zero-order valence-electron chi connectivity index (χ0n) is 12.2. The number of carbonyl (C=O) groups is 2. The van der Waals surface area contributed by atoms with Crippen LogP contribution < -0.4 is 10.2 Å². The molecule has 0 atom stereocenters. The average Bonchev–Trinajstić information content (AvgIpc) is 2.96. The van der Waals surface area contributed by atoms with Gasteiger partial charge in [-0.05, 0) is 29.6 Å². The van der Waals surface area contributed by atoms with Gasteiger partial charge >= 0.3 is 0 Å². The number of benzene rings is 1. The predicted molar refractivity (Wildman–Crippen MR) is 85.5 cm³/mol. The fourth-order valence-corrected chi connectivity index (χ4v) is 2.76. The van der Waals surface area contributed by atoms with Crippen molar-refractivity contribution in [2.24, 2.45) is 0 Å². The van der Waals surface area contributed by atoms with Gasteiger partial charge in [-0.15, -0.1) is 11.3 Å². The Hall–Kier alpha value is -2.21. The first-order valence-corrected chi connectivity index (χ1v) is 7.77. The van der Waals surface area contributed by atoms with E-state index in [2.05, 4.69) is 5.32 Å². The Morgan fingerprint density at radius 3 is 2.73 bits per heavy atom. The molecule has 0 aliphatic rings. The van der Waals surface area contributed by atoms with Crippen LogP contribution in [0.3, 0.4) is 0 Å². The molecule has 2 amide bonds. The molecule has 0 aliphatic carbocycles. The smallest absolute Gasteiger partial charge is 0.225 e. The normalized spacial score (nSPS) is 10.3. The zero-order valence-corrected chi connectivity index (χ0v) is 13.0. The van der Waals surface area contributed by atoms with Crippen LogP contribution in [0.1, 0.15) is 11.8 Å². The lowest BCUT2D eigenvalue weighted by molar-refractivity contribution is -0.120. The molecule has 4 nitrogen and oxygen atoms in total. The number of hydrogen-bond donors (Lipinski definition) is 1. The summed E-state index contributed by atoms with van der Waals surface area (Å²) in [5, 5.41) is 4.69. The summed E-state index contributed by atoms with van der Waals surface area (Å²) in [5.41, 5.74) is 0.486. The molecule has 1 aromatic heterocycles. The van der Waals surface area contributed by atoms with E-state index in [-0.39, 0.29) is 11.8 Å². The van der Waals surface area contributed by atoms with E-state index in [0.29, 0.717) is 25.2 Å². The van der Waals surface area contributed by atoms with Crippen molar-refractivity contribution in [1.82, 2.24) is 5.32 Å². The van der Waals surface area contributed by atoms with E-state index in [1.807, 2.05) is 17.5 Å². The number of carbonyl (C=O) groups excluding carboxylic acids is 2. The van der Waals surface area contributed by atoms with Crippen LogP contribution in [0.2, 0.25) is 0 Å². The highest BCUT2D eigenvalue weighted by molar-refractivity contribution is 7.10. The molecular weight excluding hydrogens is 303 g/mol. The molecule has 0 aliphatic heterocycles. The molecule has 2 aromatic rings. The van der Waals surface area contributed by atoms with Gasteiger partial charge in [0.05, 0.1) is 6.42 Å². The SMILES string of the molecule is CC(=O)N(CCNC(=O)Cc1cccs1)c1cccc(F)c1. The number of halogens is 1. The molecule has 0 radical (unpaired) electrons. The topological polar surface area (TPSA) is 49.4 Å². The summed E-state index contributed by atoms with van der Waals surface area (Å²) >= 11 is 1.53. The Balaban J connectivity index is 1.87. The van der Waals surface area contributed by atoms with Crippen molar-refractivity contribution in [3.63, 3.8) is 0 Å². The van der Waals surface area contributed by atoms with E-state index in [9.17, 15) is 14.0 Å². The number of nitrogens with one attached hydrogen (secondary N) is 1. The molecule has 0 saturated carbocycles. The van der Waals surface area contributed by atoms with E-state index in [1.165, 1.54) is 35.3 Å². The second-order valence-electron chi connectivity index (χ2n) is 4.76. The summed E-state index contributed by atoms with van der Waals surface area (Å²) < 4.78 is 13.2. The van der Waals surface area contributed by atoms with Crippen molar-refractivity contribution < 1.29 is 14.0 Å². The van der Waals surface area contributed by atoms with Gasteiger partial charge < -0.3 is 10.2 Å². The number of thiophene rings is 1. The third-order valence-electron chi connectivity index (χ3n) is 3.07. The molecule has 0 spiro atoms. The molecular formula is C16H17FN2O2S. The third kappa shape index (κ3) is 4.66. The summed E-state index contributed by atoms with van der Waals surface area (Å²) in [5.74, 6) is -0.686. The number of nitrogens with zero attached hydrogens (tertiary/aromatic N) is 1. The van der Waals surface area contributed by atoms with Crippen molar-refractivity contribution in [3.05, 3.63) is 52.5 Å². The monoisotopic (exact) mass is 320 g/mol. The Bertz CT molecular complexity index is 643. The highest BCUT2D eigenvalue weighted by Gasteiger charge is 2.12. The van der Waals surface area contributed by atoms with Gasteiger partial charge in [0.1, 0.15) is 5.82 Å². The van der Waals surface area contributed by atoms with Gasteiger partial charge in [-0.1, -0.05) is 12.1 Å². The standard InChI is InChI=1S/C16H17FN2O2S/c1-12(20)19(14-5-2-4-13(17)10-14)8-7-18-16(21)11-15-6-3-9-22-15/h2-6,9-10H,7-8,11H2,1H3,(H,18,21). The van der Waals surface area contributed by atoms with Crippen LogP contribution in [0.15, 0.2) is 41.8 Å². The van der Waals surface area contributed by atoms with Crippen molar-refractivity contribution in [3.8, 4) is 0 Å². The summed E-state index contributed by atoms with van der Waals surface area (Å²) in [6, 6.07) is 9.64. The maximum atomic E-state index is 13.2. The summed E-state index contributed by atoms with van der Waals surface area (Å²) in [6.45, 7) is 2.04. The molecule has 2 rings (SSSR count). The van der Waals surface area contributed by atoms with E-state index >= 15 is 0 Å². The van der Waals surface area contributed by atoms with E-state index in [1.54, 1.807) is 12.1 Å². The van der Waals surface area contributed by atoms with Gasteiger partial charge in [0.15, 0.2) is 0 Å². The van der Waals surface area contributed by atoms with Crippen molar-refractivity contribution in [2.75, 3.05) is 18.0 Å². The molecule has 0 unspecified atom stereocenters. The molecule has 1 heterocycles. The van der Waals surface area contributed by atoms with E-state index in [4.69, 9.17) is 0 Å². The Morgan fingerprint density at radius 2 is 2.09 bits per heavy atom. The molecule has 116 valence electrons. The van der Waals surface area contributed by atoms with Gasteiger partial charge in [-0.3, -0.25) is 9.59 Å². The second-order valence-corrected chi connectivity index (χ2v) is 5.79. The average molecular weight is 320 g/mol. The molecule has 0 fully saturated rings. The lowest BCUT2D eigenvalue weighted by atomic mass is 10.2. The lowest BCUT2D eigenvalue weighted by Crippen LogP contribution is -2.38. The predicted octanol–water partition coefficient (Wildman–Crippen LogP) is 2.60. The van der Waals surface area contributed by atoms with Gasteiger partial charge in [0, 0.05) is 30.6 Å². The summed E-state index contributed by atoms with van der Waals surface area (Å²) in [4.78, 5) is 25.9. The maximum Gasteiger partial charge on any atom is 0.225 e. The quantitative estimate of drug-likeness (QED) is 0.889. The minimum Gasteiger partial charge on any atom is -0.354 e. The highest BCUT2D eigenvalue weighted by atomic mass is 32.1. The van der Waals surface area contributed by atoms with E-state index in [0.717, 1.165) is 4.88 Å². The molecule has 6 heteroatoms. The second kappa shape index (κ2) is 7.70. The fourth-order valence-electron chi connectivity index (χ4n) is 2.05. The van der Waals surface area contributed by atoms with Crippen LogP contribution in [0.5, 0.6) is 0 Å². The first-order chi connectivity index (χ1) is 10.6. The first-order valence-electron chi connectivity index (χ1n) is 6.89. The zero-order chi connectivity index (χ0) is 15.9. The van der Waals surface area contributed by atoms with Gasteiger partial charge in [-0.25, -0.2) is 4.39 Å². The van der Waals surface area contributed by atoms with E-state index < -0.39 is 5.82 Å². The van der Waals surface area contributed by atoms with Gasteiger partial charge in [0.25, 0.3) is 0 Å². The van der Waals surface area contributed by atoms with Crippen molar-refractivity contribution in [1.29, 1.82) is 0 Å².